The average molecular weight is 216 g/mol. The summed E-state index contributed by atoms with van der Waals surface area (Å²) in [6.07, 6.45) is 0.327. The van der Waals surface area contributed by atoms with E-state index in [4.69, 9.17) is 4.74 Å². The van der Waals surface area contributed by atoms with Gasteiger partial charge >= 0.3 is 5.97 Å². The van der Waals surface area contributed by atoms with Gasteiger partial charge in [0.15, 0.2) is 0 Å². The smallest absolute Gasteiger partial charge is 0.306 e. The molecule has 0 rings (SSSR count). The van der Waals surface area contributed by atoms with Crippen LogP contribution in [0.2, 0.25) is 0 Å². The fourth-order valence-electron chi connectivity index (χ4n) is 1.07. The molecule has 15 heavy (non-hydrogen) atoms. The molecule has 0 heterocycles. The number of nitrogens with one attached hydrogen (secondary N) is 2. The Bertz CT molecular complexity index is 227. The van der Waals surface area contributed by atoms with Crippen LogP contribution in [0.4, 0.5) is 0 Å². The molecule has 0 saturated heterocycles. The van der Waals surface area contributed by atoms with Crippen LogP contribution < -0.4 is 10.9 Å². The number of hydrogen-bond donors (Lipinski definition) is 2. The van der Waals surface area contributed by atoms with Gasteiger partial charge in [0.1, 0.15) is 0 Å². The van der Waals surface area contributed by atoms with Gasteiger partial charge in [0.2, 0.25) is 5.91 Å². The third-order valence-electron chi connectivity index (χ3n) is 1.76. The molecular weight excluding hydrogens is 196 g/mol. The van der Waals surface area contributed by atoms with Crippen LogP contribution in [0, 0.1) is 5.41 Å². The minimum absolute atomic E-state index is 0.151. The maximum Gasteiger partial charge on any atom is 0.306 e. The number of amides is 1. The summed E-state index contributed by atoms with van der Waals surface area (Å²) in [5, 5.41) is 0. The molecule has 0 unspecified atom stereocenters. The number of carbonyl (C=O) groups excluding carboxylic acids is 2. The zero-order chi connectivity index (χ0) is 11.9. The van der Waals surface area contributed by atoms with E-state index in [1.807, 2.05) is 13.8 Å². The Kier molecular flexibility index (Phi) is 5.93. The summed E-state index contributed by atoms with van der Waals surface area (Å²) in [6, 6.07) is 0. The Balaban J connectivity index is 3.85. The second-order valence-electron chi connectivity index (χ2n) is 4.18. The predicted molar refractivity (Wildman–Crippen MR) is 56.9 cm³/mol. The summed E-state index contributed by atoms with van der Waals surface area (Å²) in [4.78, 5) is 21.8. The molecule has 0 aliphatic rings. The summed E-state index contributed by atoms with van der Waals surface area (Å²) in [5.74, 6) is -0.367. The van der Waals surface area contributed by atoms with E-state index in [0.717, 1.165) is 0 Å². The highest BCUT2D eigenvalue weighted by atomic mass is 16.5. The molecule has 0 saturated carbocycles. The summed E-state index contributed by atoms with van der Waals surface area (Å²) in [5.41, 5.74) is 4.99. The lowest BCUT2D eigenvalue weighted by atomic mass is 9.90. The molecule has 5 nitrogen and oxygen atoms in total. The Labute approximate surface area is 90.5 Å². The first-order valence-electron chi connectivity index (χ1n) is 5.02. The van der Waals surface area contributed by atoms with Crippen LogP contribution in [-0.2, 0) is 14.3 Å². The topological polar surface area (TPSA) is 67.4 Å². The Morgan fingerprint density at radius 1 is 1.33 bits per heavy atom. The lowest BCUT2D eigenvalue weighted by Gasteiger charge is -2.23. The fraction of sp³-hybridized carbons (Fsp3) is 0.800. The van der Waals surface area contributed by atoms with Crippen molar-refractivity contribution in [2.24, 2.45) is 5.41 Å². The van der Waals surface area contributed by atoms with Crippen LogP contribution in [0.25, 0.3) is 0 Å². The molecule has 0 fully saturated rings. The summed E-state index contributed by atoms with van der Waals surface area (Å²) in [7, 11) is 0. The Morgan fingerprint density at radius 2 is 1.93 bits per heavy atom. The first kappa shape index (κ1) is 13.9. The maximum atomic E-state index is 11.2. The van der Waals surface area contributed by atoms with E-state index in [2.05, 4.69) is 10.9 Å². The number of ether oxygens (including phenoxy) is 1. The highest BCUT2D eigenvalue weighted by molar-refractivity contribution is 5.72. The lowest BCUT2D eigenvalue weighted by molar-refractivity contribution is -0.145. The van der Waals surface area contributed by atoms with Crippen LogP contribution in [0.5, 0.6) is 0 Å². The van der Waals surface area contributed by atoms with Crippen LogP contribution >= 0.6 is 0 Å². The van der Waals surface area contributed by atoms with Crippen molar-refractivity contribution < 1.29 is 14.3 Å². The second kappa shape index (κ2) is 6.40. The standard InChI is InChI=1S/C10H20N2O3/c1-5-15-9(14)6-10(3,4)7-11-12-8(2)13/h11H,5-7H2,1-4H3,(H,12,13). The van der Waals surface area contributed by atoms with Crippen LogP contribution in [0.3, 0.4) is 0 Å². The molecule has 0 aliphatic carbocycles. The fourth-order valence-corrected chi connectivity index (χ4v) is 1.07. The molecule has 0 radical (unpaired) electrons. The van der Waals surface area contributed by atoms with E-state index in [1.165, 1.54) is 6.92 Å². The Morgan fingerprint density at radius 3 is 2.40 bits per heavy atom. The van der Waals surface area contributed by atoms with Gasteiger partial charge in [-0.1, -0.05) is 13.8 Å². The Hall–Kier alpha value is -1.10. The molecule has 0 aromatic carbocycles. The van der Waals surface area contributed by atoms with E-state index in [1.54, 1.807) is 6.92 Å². The minimum Gasteiger partial charge on any atom is -0.466 e. The molecule has 88 valence electrons. The summed E-state index contributed by atoms with van der Waals surface area (Å²) >= 11 is 0. The highest BCUT2D eigenvalue weighted by Crippen LogP contribution is 2.19. The third-order valence-corrected chi connectivity index (χ3v) is 1.76. The van der Waals surface area contributed by atoms with Gasteiger partial charge in [-0.05, 0) is 12.3 Å². The molecule has 0 atom stereocenters. The molecule has 0 aromatic heterocycles. The van der Waals surface area contributed by atoms with Crippen molar-refractivity contribution in [1.82, 2.24) is 10.9 Å². The van der Waals surface area contributed by atoms with Gasteiger partial charge in [0, 0.05) is 13.5 Å². The normalized spacial score (nSPS) is 10.9. The third kappa shape index (κ3) is 7.93. The first-order valence-corrected chi connectivity index (χ1v) is 5.02. The zero-order valence-corrected chi connectivity index (χ0v) is 9.85. The lowest BCUT2D eigenvalue weighted by Crippen LogP contribution is -2.42. The maximum absolute atomic E-state index is 11.2. The molecular formula is C10H20N2O3. The van der Waals surface area contributed by atoms with Gasteiger partial charge in [0.05, 0.1) is 13.0 Å². The van der Waals surface area contributed by atoms with Crippen LogP contribution in [0.15, 0.2) is 0 Å². The van der Waals surface area contributed by atoms with E-state index < -0.39 is 0 Å². The van der Waals surface area contributed by atoms with Crippen molar-refractivity contribution in [3.8, 4) is 0 Å². The van der Waals surface area contributed by atoms with E-state index in [0.29, 0.717) is 19.6 Å². The SMILES string of the molecule is CCOC(=O)CC(C)(C)CNNC(C)=O. The first-order chi connectivity index (χ1) is 6.87. The van der Waals surface area contributed by atoms with Gasteiger partial charge in [-0.3, -0.25) is 15.0 Å². The van der Waals surface area contributed by atoms with Crippen molar-refractivity contribution in [2.45, 2.75) is 34.1 Å². The van der Waals surface area contributed by atoms with Crippen molar-refractivity contribution >= 4 is 11.9 Å². The number of rotatable bonds is 6. The predicted octanol–water partition coefficient (Wildman–Crippen LogP) is 0.606. The number of hydrazine groups is 1. The van der Waals surface area contributed by atoms with Crippen molar-refractivity contribution in [3.05, 3.63) is 0 Å². The summed E-state index contributed by atoms with van der Waals surface area (Å²) in [6.45, 7) is 7.97. The van der Waals surface area contributed by atoms with E-state index in [-0.39, 0.29) is 17.3 Å². The van der Waals surface area contributed by atoms with Gasteiger partial charge in [-0.15, -0.1) is 0 Å². The van der Waals surface area contributed by atoms with Gasteiger partial charge in [-0.25, -0.2) is 5.43 Å². The van der Waals surface area contributed by atoms with Crippen LogP contribution in [0.1, 0.15) is 34.1 Å². The van der Waals surface area contributed by atoms with Gasteiger partial charge in [0.25, 0.3) is 0 Å². The van der Waals surface area contributed by atoms with Crippen molar-refractivity contribution in [3.63, 3.8) is 0 Å². The monoisotopic (exact) mass is 216 g/mol. The average Bonchev–Trinajstić information content (AvgIpc) is 2.01. The molecule has 1 amide bonds. The largest absolute Gasteiger partial charge is 0.466 e. The van der Waals surface area contributed by atoms with Crippen LogP contribution in [-0.4, -0.2) is 25.0 Å². The number of esters is 1. The summed E-state index contributed by atoms with van der Waals surface area (Å²) < 4.78 is 4.85. The molecule has 0 bridgehead atoms. The number of hydrogen-bond acceptors (Lipinski definition) is 4. The highest BCUT2D eigenvalue weighted by Gasteiger charge is 2.22. The molecule has 0 spiro atoms. The minimum atomic E-state index is -0.241. The van der Waals surface area contributed by atoms with Gasteiger partial charge < -0.3 is 4.74 Å². The van der Waals surface area contributed by atoms with Crippen molar-refractivity contribution in [1.29, 1.82) is 0 Å². The molecule has 2 N–H and O–H groups in total. The van der Waals surface area contributed by atoms with E-state index >= 15 is 0 Å². The van der Waals surface area contributed by atoms with E-state index in [9.17, 15) is 9.59 Å². The number of carbonyl (C=O) groups is 2. The molecule has 5 heteroatoms. The van der Waals surface area contributed by atoms with Gasteiger partial charge in [-0.2, -0.15) is 0 Å². The quantitative estimate of drug-likeness (QED) is 0.504. The zero-order valence-electron chi connectivity index (χ0n) is 9.85. The van der Waals surface area contributed by atoms with Crippen molar-refractivity contribution in [2.75, 3.05) is 13.2 Å². The molecule has 0 aromatic rings. The molecule has 0 aliphatic heterocycles. The second-order valence-corrected chi connectivity index (χ2v) is 4.18.